The number of hydrogen-bond donors (Lipinski definition) is 4. The largest absolute Gasteiger partial charge is 0.390 e. The molecule has 7 nitrogen and oxygen atoms in total. The van der Waals surface area contributed by atoms with E-state index in [0.717, 1.165) is 47.4 Å². The second-order valence-corrected chi connectivity index (χ2v) is 8.22. The van der Waals surface area contributed by atoms with Crippen molar-refractivity contribution < 1.29 is 15.3 Å². The van der Waals surface area contributed by atoms with Gasteiger partial charge in [-0.1, -0.05) is 18.2 Å². The molecule has 0 spiro atoms. The van der Waals surface area contributed by atoms with E-state index in [9.17, 15) is 15.3 Å². The molecule has 0 amide bonds. The van der Waals surface area contributed by atoms with Crippen LogP contribution >= 0.6 is 0 Å². The highest BCUT2D eigenvalue weighted by Crippen LogP contribution is 2.44. The molecule has 3 heterocycles. The molecule has 5 atom stereocenters. The van der Waals surface area contributed by atoms with Crippen LogP contribution in [0.4, 0.5) is 0 Å². The maximum Gasteiger partial charge on any atom is 0.143 e. The first kappa shape index (κ1) is 18.7. The number of nitrogens with zero attached hydrogens (tertiary/aromatic N) is 3. The molecule has 2 aliphatic rings. The van der Waals surface area contributed by atoms with Gasteiger partial charge in [0.1, 0.15) is 18.1 Å². The van der Waals surface area contributed by atoms with Gasteiger partial charge in [-0.15, -0.1) is 0 Å². The highest BCUT2D eigenvalue weighted by Gasteiger charge is 2.46. The van der Waals surface area contributed by atoms with Crippen molar-refractivity contribution in [3.05, 3.63) is 59.2 Å². The first-order valence-electron chi connectivity index (χ1n) is 10.2. The third-order valence-electron chi connectivity index (χ3n) is 6.67. The molecule has 1 fully saturated rings. The maximum atomic E-state index is 11.2. The fraction of sp³-hybridized carbons (Fsp3) is 0.455. The second kappa shape index (κ2) is 7.18. The van der Waals surface area contributed by atoms with Gasteiger partial charge in [0.2, 0.25) is 0 Å². The molecule has 2 aromatic heterocycles. The summed E-state index contributed by atoms with van der Waals surface area (Å²) in [5, 5.41) is 37.1. The predicted octanol–water partition coefficient (Wildman–Crippen LogP) is 1.40. The molecule has 0 saturated heterocycles. The maximum absolute atomic E-state index is 11.2. The minimum atomic E-state index is -1.01. The van der Waals surface area contributed by atoms with Crippen molar-refractivity contribution in [2.45, 2.75) is 50.7 Å². The van der Waals surface area contributed by atoms with Gasteiger partial charge in [0.25, 0.3) is 0 Å². The second-order valence-electron chi connectivity index (χ2n) is 8.22. The summed E-state index contributed by atoms with van der Waals surface area (Å²) in [5.41, 5.74) is 4.83. The highest BCUT2D eigenvalue weighted by atomic mass is 16.3. The standard InChI is InChI=1S/C22H26N4O3/c1-12-14-6-8-26(22(14)25-11-24-12)18-9-16(20(28)21(18)29)19(27)15-4-2-3-13-5-7-23-10-17(13)15/h2-4,6,8,11,16,18-21,23,27-29H,5,7,9-10H2,1H3/t16-,18-,19-,20-,21+/m1/s1. The molecular formula is C22H26N4O3. The quantitative estimate of drug-likeness (QED) is 0.536. The van der Waals surface area contributed by atoms with Gasteiger partial charge < -0.3 is 25.2 Å². The molecule has 7 heteroatoms. The zero-order valence-corrected chi connectivity index (χ0v) is 16.4. The Morgan fingerprint density at radius 3 is 2.90 bits per heavy atom. The number of hydrogen-bond acceptors (Lipinski definition) is 6. The van der Waals surface area contributed by atoms with Crippen molar-refractivity contribution in [3.63, 3.8) is 0 Å². The normalized spacial score (nSPS) is 27.9. The molecule has 1 saturated carbocycles. The van der Waals surface area contributed by atoms with E-state index in [1.165, 1.54) is 11.9 Å². The van der Waals surface area contributed by atoms with Gasteiger partial charge in [0.05, 0.1) is 23.9 Å². The fourth-order valence-electron chi connectivity index (χ4n) is 5.05. The van der Waals surface area contributed by atoms with E-state index < -0.39 is 24.2 Å². The van der Waals surface area contributed by atoms with Crippen LogP contribution in [-0.4, -0.2) is 48.6 Å². The topological polar surface area (TPSA) is 103 Å². The van der Waals surface area contributed by atoms with Gasteiger partial charge >= 0.3 is 0 Å². The summed E-state index contributed by atoms with van der Waals surface area (Å²) in [5.74, 6) is -0.455. The van der Waals surface area contributed by atoms with Crippen molar-refractivity contribution in [1.29, 1.82) is 0 Å². The van der Waals surface area contributed by atoms with Crippen LogP contribution in [0.3, 0.4) is 0 Å². The van der Waals surface area contributed by atoms with Gasteiger partial charge in [0, 0.05) is 24.0 Å². The number of aryl methyl sites for hydroxylation is 1. The number of aliphatic hydroxyl groups is 3. The summed E-state index contributed by atoms with van der Waals surface area (Å²) >= 11 is 0. The van der Waals surface area contributed by atoms with Gasteiger partial charge in [-0.05, 0) is 49.1 Å². The lowest BCUT2D eigenvalue weighted by molar-refractivity contribution is -0.0267. The van der Waals surface area contributed by atoms with Gasteiger partial charge in [-0.3, -0.25) is 0 Å². The number of fused-ring (bicyclic) bond motifs is 2. The summed E-state index contributed by atoms with van der Waals surface area (Å²) in [6.45, 7) is 3.57. The minimum absolute atomic E-state index is 0.353. The number of benzene rings is 1. The summed E-state index contributed by atoms with van der Waals surface area (Å²) < 4.78 is 1.91. The van der Waals surface area contributed by atoms with Gasteiger partial charge in [-0.2, -0.15) is 0 Å². The lowest BCUT2D eigenvalue weighted by Gasteiger charge is -2.27. The molecule has 1 aromatic carbocycles. The van der Waals surface area contributed by atoms with E-state index in [2.05, 4.69) is 21.4 Å². The Hall–Kier alpha value is -2.32. The summed E-state index contributed by atoms with van der Waals surface area (Å²) in [4.78, 5) is 8.60. The van der Waals surface area contributed by atoms with E-state index in [1.807, 2.05) is 35.9 Å². The van der Waals surface area contributed by atoms with Gasteiger partial charge in [-0.25, -0.2) is 9.97 Å². The van der Waals surface area contributed by atoms with Crippen LogP contribution in [0.2, 0.25) is 0 Å². The zero-order valence-electron chi connectivity index (χ0n) is 16.4. The van der Waals surface area contributed by atoms with E-state index in [-0.39, 0.29) is 6.04 Å². The first-order chi connectivity index (χ1) is 14.1. The summed E-state index contributed by atoms with van der Waals surface area (Å²) in [6, 6.07) is 7.59. The minimum Gasteiger partial charge on any atom is -0.390 e. The number of aliphatic hydroxyl groups excluding tert-OH is 3. The highest BCUT2D eigenvalue weighted by molar-refractivity contribution is 5.78. The monoisotopic (exact) mass is 394 g/mol. The van der Waals surface area contributed by atoms with Crippen molar-refractivity contribution in [1.82, 2.24) is 19.9 Å². The molecule has 4 N–H and O–H groups in total. The lowest BCUT2D eigenvalue weighted by Crippen LogP contribution is -2.32. The van der Waals surface area contributed by atoms with Crippen LogP contribution < -0.4 is 5.32 Å². The van der Waals surface area contributed by atoms with Crippen LogP contribution in [0.1, 0.15) is 41.0 Å². The Balaban J connectivity index is 1.48. The number of rotatable bonds is 3. The first-order valence-corrected chi connectivity index (χ1v) is 10.2. The average Bonchev–Trinajstić information content (AvgIpc) is 3.29. The number of aromatic nitrogens is 3. The molecule has 29 heavy (non-hydrogen) atoms. The van der Waals surface area contributed by atoms with Crippen LogP contribution in [0.25, 0.3) is 11.0 Å². The smallest absolute Gasteiger partial charge is 0.143 e. The van der Waals surface area contributed by atoms with Crippen molar-refractivity contribution in [2.75, 3.05) is 6.54 Å². The predicted molar refractivity (Wildman–Crippen MR) is 108 cm³/mol. The Labute approximate surface area is 169 Å². The van der Waals surface area contributed by atoms with E-state index in [1.54, 1.807) is 0 Å². The van der Waals surface area contributed by atoms with E-state index in [4.69, 9.17) is 0 Å². The van der Waals surface area contributed by atoms with Crippen LogP contribution in [0, 0.1) is 12.8 Å². The SMILES string of the molecule is Cc1ncnc2c1ccn2[C@@H]1C[C@H]([C@H](O)c2cccc3c2CNCC3)[C@@H](O)[C@H]1O. The Kier molecular flexibility index (Phi) is 4.63. The zero-order chi connectivity index (χ0) is 20.1. The Morgan fingerprint density at radius 1 is 1.17 bits per heavy atom. The molecule has 1 aliphatic carbocycles. The van der Waals surface area contributed by atoms with E-state index >= 15 is 0 Å². The van der Waals surface area contributed by atoms with Crippen LogP contribution in [0.5, 0.6) is 0 Å². The van der Waals surface area contributed by atoms with Crippen molar-refractivity contribution >= 4 is 11.0 Å². The Morgan fingerprint density at radius 2 is 2.03 bits per heavy atom. The van der Waals surface area contributed by atoms with Crippen LogP contribution in [-0.2, 0) is 13.0 Å². The summed E-state index contributed by atoms with van der Waals surface area (Å²) in [6.07, 6.45) is 1.98. The lowest BCUT2D eigenvalue weighted by atomic mass is 9.86. The van der Waals surface area contributed by atoms with E-state index in [0.29, 0.717) is 6.42 Å². The number of nitrogens with one attached hydrogen (secondary N) is 1. The summed E-state index contributed by atoms with van der Waals surface area (Å²) in [7, 11) is 0. The van der Waals surface area contributed by atoms with Gasteiger partial charge in [0.15, 0.2) is 0 Å². The third kappa shape index (κ3) is 2.97. The van der Waals surface area contributed by atoms with Crippen molar-refractivity contribution in [3.8, 4) is 0 Å². The molecule has 152 valence electrons. The molecule has 0 bridgehead atoms. The third-order valence-corrected chi connectivity index (χ3v) is 6.67. The molecule has 0 radical (unpaired) electrons. The molecular weight excluding hydrogens is 368 g/mol. The molecule has 0 unspecified atom stereocenters. The van der Waals surface area contributed by atoms with Crippen molar-refractivity contribution in [2.24, 2.45) is 5.92 Å². The molecule has 3 aromatic rings. The fourth-order valence-corrected chi connectivity index (χ4v) is 5.05. The molecule has 5 rings (SSSR count). The van der Waals surface area contributed by atoms with Crippen LogP contribution in [0.15, 0.2) is 36.8 Å². The average molecular weight is 394 g/mol. The Bertz CT molecular complexity index is 1050. The molecule has 1 aliphatic heterocycles.